The van der Waals surface area contributed by atoms with Crippen molar-refractivity contribution in [1.29, 1.82) is 0 Å². The maximum atomic E-state index is 5.33. The summed E-state index contributed by atoms with van der Waals surface area (Å²) in [5.74, 6) is 0.869. The number of methoxy groups -OCH3 is 1. The van der Waals surface area contributed by atoms with Crippen LogP contribution in [-0.2, 0) is 0 Å². The topological polar surface area (TPSA) is 14.2 Å². The number of nitrogens with zero attached hydrogens (tertiary/aromatic N) is 1. The number of rotatable bonds is 4. The molecule has 0 unspecified atom stereocenters. The van der Waals surface area contributed by atoms with E-state index in [-0.39, 0.29) is 0 Å². The Morgan fingerprint density at radius 2 is 1.37 bits per heavy atom. The lowest BCUT2D eigenvalue weighted by Crippen LogP contribution is -2.00. The molecule has 0 N–H and O–H groups in total. The highest BCUT2D eigenvalue weighted by atomic mass is 16.5. The second kappa shape index (κ2) is 7.16. The van der Waals surface area contributed by atoms with Crippen molar-refractivity contribution in [3.05, 3.63) is 96.1 Å². The largest absolute Gasteiger partial charge is 0.497 e. The summed E-state index contributed by atoms with van der Waals surface area (Å²) in [5.41, 5.74) is 8.47. The van der Waals surface area contributed by atoms with Crippen LogP contribution in [0, 0.1) is 13.8 Å². The summed E-state index contributed by atoms with van der Waals surface area (Å²) < 4.78 is 7.68. The summed E-state index contributed by atoms with van der Waals surface area (Å²) in [6, 6.07) is 29.8. The molecule has 2 nitrogen and oxygen atoms in total. The van der Waals surface area contributed by atoms with Crippen LogP contribution in [0.4, 0.5) is 0 Å². The lowest BCUT2D eigenvalue weighted by molar-refractivity contribution is 0.415. The Morgan fingerprint density at radius 1 is 0.704 bits per heavy atom. The van der Waals surface area contributed by atoms with Gasteiger partial charge in [0.15, 0.2) is 0 Å². The number of hydrogen-bond acceptors (Lipinski definition) is 1. The van der Waals surface area contributed by atoms with Gasteiger partial charge in [0.05, 0.1) is 18.5 Å². The van der Waals surface area contributed by atoms with Gasteiger partial charge >= 0.3 is 0 Å². The summed E-state index contributed by atoms with van der Waals surface area (Å²) >= 11 is 0. The molecule has 134 valence electrons. The van der Waals surface area contributed by atoms with Gasteiger partial charge in [0, 0.05) is 5.69 Å². The van der Waals surface area contributed by atoms with E-state index in [1.54, 1.807) is 7.11 Å². The van der Waals surface area contributed by atoms with Gasteiger partial charge < -0.3 is 9.30 Å². The maximum Gasteiger partial charge on any atom is 0.118 e. The van der Waals surface area contributed by atoms with Gasteiger partial charge in [0.25, 0.3) is 0 Å². The second-order valence-electron chi connectivity index (χ2n) is 6.83. The highest BCUT2D eigenvalue weighted by molar-refractivity contribution is 5.76. The predicted molar refractivity (Wildman–Crippen MR) is 113 cm³/mol. The molecule has 0 spiro atoms. The van der Waals surface area contributed by atoms with Crippen molar-refractivity contribution in [2.45, 2.75) is 13.8 Å². The Kier molecular flexibility index (Phi) is 4.55. The molecule has 0 fully saturated rings. The molecule has 0 saturated heterocycles. The van der Waals surface area contributed by atoms with Crippen LogP contribution in [0.3, 0.4) is 0 Å². The normalized spacial score (nSPS) is 10.8. The number of ether oxygens (including phenoxy) is 1. The average Bonchev–Trinajstić information content (AvgIpc) is 3.06. The molecule has 27 heavy (non-hydrogen) atoms. The summed E-state index contributed by atoms with van der Waals surface area (Å²) in [4.78, 5) is 0. The molecule has 0 amide bonds. The minimum absolute atomic E-state index is 0.869. The van der Waals surface area contributed by atoms with Crippen LogP contribution < -0.4 is 4.74 Å². The lowest BCUT2D eigenvalue weighted by atomic mass is 10.1. The molecule has 0 aliphatic rings. The summed E-state index contributed by atoms with van der Waals surface area (Å²) in [6.45, 7) is 4.30. The van der Waals surface area contributed by atoms with Crippen LogP contribution in [-0.4, -0.2) is 11.7 Å². The molecule has 0 atom stereocenters. The van der Waals surface area contributed by atoms with Gasteiger partial charge in [-0.25, -0.2) is 0 Å². The molecular formula is C25H23NO. The molecule has 1 heterocycles. The molecule has 0 saturated carbocycles. The van der Waals surface area contributed by atoms with Crippen molar-refractivity contribution in [2.24, 2.45) is 0 Å². The molecule has 0 aliphatic heterocycles. The maximum absolute atomic E-state index is 5.33. The minimum atomic E-state index is 0.869. The SMILES string of the molecule is COc1ccc(-c2c(C)cc(-c3ccccc3)n2-c2ccc(C)cc2)cc1. The first-order valence-corrected chi connectivity index (χ1v) is 9.16. The van der Waals surface area contributed by atoms with E-state index >= 15 is 0 Å². The third-order valence-electron chi connectivity index (χ3n) is 4.92. The monoisotopic (exact) mass is 353 g/mol. The first kappa shape index (κ1) is 17.2. The fourth-order valence-corrected chi connectivity index (χ4v) is 3.52. The van der Waals surface area contributed by atoms with E-state index < -0.39 is 0 Å². The Hall–Kier alpha value is -3.26. The van der Waals surface area contributed by atoms with Crippen LogP contribution >= 0.6 is 0 Å². The van der Waals surface area contributed by atoms with Gasteiger partial charge in [-0.15, -0.1) is 0 Å². The smallest absolute Gasteiger partial charge is 0.118 e. The van der Waals surface area contributed by atoms with Crippen LogP contribution in [0.1, 0.15) is 11.1 Å². The fourth-order valence-electron chi connectivity index (χ4n) is 3.52. The molecule has 1 aromatic heterocycles. The molecule has 4 aromatic rings. The van der Waals surface area contributed by atoms with Crippen molar-refractivity contribution < 1.29 is 4.74 Å². The van der Waals surface area contributed by atoms with E-state index in [1.807, 2.05) is 12.1 Å². The Balaban J connectivity index is 1.97. The van der Waals surface area contributed by atoms with Crippen LogP contribution in [0.5, 0.6) is 5.75 Å². The quantitative estimate of drug-likeness (QED) is 0.412. The number of benzene rings is 3. The van der Waals surface area contributed by atoms with Gasteiger partial charge in [0.2, 0.25) is 0 Å². The average molecular weight is 353 g/mol. The molecule has 2 heteroatoms. The standard InChI is InChI=1S/C25H23NO/c1-18-9-13-22(14-10-18)26-24(20-7-5-4-6-8-20)17-19(2)25(26)21-11-15-23(27-3)16-12-21/h4-17H,1-3H3. The van der Waals surface area contributed by atoms with Crippen molar-refractivity contribution in [3.8, 4) is 34.0 Å². The van der Waals surface area contributed by atoms with Crippen LogP contribution in [0.2, 0.25) is 0 Å². The highest BCUT2D eigenvalue weighted by Gasteiger charge is 2.17. The molecular weight excluding hydrogens is 330 g/mol. The molecule has 3 aromatic carbocycles. The van der Waals surface area contributed by atoms with Crippen molar-refractivity contribution >= 4 is 0 Å². The van der Waals surface area contributed by atoms with Gasteiger partial charge in [-0.1, -0.05) is 48.0 Å². The predicted octanol–water partition coefficient (Wildman–Crippen LogP) is 6.44. The van der Waals surface area contributed by atoms with Gasteiger partial charge in [-0.2, -0.15) is 0 Å². The van der Waals surface area contributed by atoms with Gasteiger partial charge in [0.1, 0.15) is 5.75 Å². The summed E-state index contributed by atoms with van der Waals surface area (Å²) in [6.07, 6.45) is 0. The number of aryl methyl sites for hydroxylation is 2. The van der Waals surface area contributed by atoms with Gasteiger partial charge in [-0.3, -0.25) is 0 Å². The first-order chi connectivity index (χ1) is 13.2. The van der Waals surface area contributed by atoms with Crippen molar-refractivity contribution in [1.82, 2.24) is 4.57 Å². The first-order valence-electron chi connectivity index (χ1n) is 9.16. The van der Waals surface area contributed by atoms with Crippen molar-refractivity contribution in [3.63, 3.8) is 0 Å². The summed E-state index contributed by atoms with van der Waals surface area (Å²) in [7, 11) is 1.70. The van der Waals surface area contributed by atoms with E-state index in [0.717, 1.165) is 5.75 Å². The minimum Gasteiger partial charge on any atom is -0.497 e. The third-order valence-corrected chi connectivity index (χ3v) is 4.92. The van der Waals surface area contributed by atoms with Crippen molar-refractivity contribution in [2.75, 3.05) is 7.11 Å². The second-order valence-corrected chi connectivity index (χ2v) is 6.83. The van der Waals surface area contributed by atoms with E-state index in [1.165, 1.54) is 39.3 Å². The highest BCUT2D eigenvalue weighted by Crippen LogP contribution is 2.36. The fraction of sp³-hybridized carbons (Fsp3) is 0.120. The molecule has 0 bridgehead atoms. The molecule has 4 rings (SSSR count). The number of aromatic nitrogens is 1. The Morgan fingerprint density at radius 3 is 2.00 bits per heavy atom. The van der Waals surface area contributed by atoms with E-state index in [0.29, 0.717) is 0 Å². The van der Waals surface area contributed by atoms with E-state index in [9.17, 15) is 0 Å². The zero-order valence-corrected chi connectivity index (χ0v) is 15.9. The molecule has 0 aliphatic carbocycles. The van der Waals surface area contributed by atoms with Gasteiger partial charge in [-0.05, 0) is 73.0 Å². The summed E-state index contributed by atoms with van der Waals surface area (Å²) in [5, 5.41) is 0. The molecule has 0 radical (unpaired) electrons. The lowest BCUT2D eigenvalue weighted by Gasteiger charge is -2.15. The zero-order valence-electron chi connectivity index (χ0n) is 15.9. The third kappa shape index (κ3) is 3.26. The number of hydrogen-bond donors (Lipinski definition) is 0. The van der Waals surface area contributed by atoms with E-state index in [2.05, 4.69) is 91.2 Å². The Bertz CT molecular complexity index is 1040. The Labute approximate surface area is 160 Å². The van der Waals surface area contributed by atoms with E-state index in [4.69, 9.17) is 4.74 Å². The van der Waals surface area contributed by atoms with Crippen LogP contribution in [0.25, 0.3) is 28.2 Å². The zero-order chi connectivity index (χ0) is 18.8. The van der Waals surface area contributed by atoms with Crippen LogP contribution in [0.15, 0.2) is 84.9 Å².